The molecule has 7 nitrogen and oxygen atoms in total. The zero-order chi connectivity index (χ0) is 20.1. The van der Waals surface area contributed by atoms with Gasteiger partial charge in [0, 0.05) is 17.2 Å². The Morgan fingerprint density at radius 2 is 1.71 bits per heavy atom. The predicted octanol–water partition coefficient (Wildman–Crippen LogP) is 3.70. The van der Waals surface area contributed by atoms with Gasteiger partial charge in [-0.05, 0) is 48.6 Å². The van der Waals surface area contributed by atoms with Crippen molar-refractivity contribution in [3.8, 4) is 34.3 Å². The third-order valence-electron chi connectivity index (χ3n) is 4.12. The molecule has 144 valence electrons. The average Bonchev–Trinajstić information content (AvgIpc) is 3.20. The number of benzene rings is 2. The Morgan fingerprint density at radius 1 is 1.00 bits per heavy atom. The summed E-state index contributed by atoms with van der Waals surface area (Å²) in [5.41, 5.74) is 2.51. The molecule has 0 bridgehead atoms. The van der Waals surface area contributed by atoms with Crippen LogP contribution in [0.3, 0.4) is 0 Å². The van der Waals surface area contributed by atoms with Gasteiger partial charge in [0.25, 0.3) is 0 Å². The van der Waals surface area contributed by atoms with E-state index in [1.54, 1.807) is 38.5 Å². The molecule has 0 aliphatic heterocycles. The number of carbonyl (C=O) groups excluding carboxylic acids is 1. The Morgan fingerprint density at radius 3 is 2.32 bits per heavy atom. The maximum atomic E-state index is 12.3. The molecule has 28 heavy (non-hydrogen) atoms. The fourth-order valence-corrected chi connectivity index (χ4v) is 2.63. The van der Waals surface area contributed by atoms with Crippen LogP contribution in [0.25, 0.3) is 17.3 Å². The van der Waals surface area contributed by atoms with Gasteiger partial charge in [0.2, 0.25) is 0 Å². The van der Waals surface area contributed by atoms with Crippen LogP contribution in [-0.2, 0) is 0 Å². The van der Waals surface area contributed by atoms with E-state index in [-0.39, 0.29) is 11.5 Å². The summed E-state index contributed by atoms with van der Waals surface area (Å²) in [5.74, 6) is 1.29. The van der Waals surface area contributed by atoms with Crippen LogP contribution in [0, 0.1) is 0 Å². The van der Waals surface area contributed by atoms with Crippen LogP contribution in [0.5, 0.6) is 23.0 Å². The average molecular weight is 380 g/mol. The number of rotatable bonds is 7. The SMILES string of the molecule is COc1cc(OC)cc(-c2cc(C=CC(=O)c3ccc(OC)c(O)c3)[nH]n2)c1. The Kier molecular flexibility index (Phi) is 5.64. The smallest absolute Gasteiger partial charge is 0.186 e. The van der Waals surface area contributed by atoms with E-state index in [4.69, 9.17) is 14.2 Å². The second-order valence-electron chi connectivity index (χ2n) is 5.89. The van der Waals surface area contributed by atoms with E-state index in [1.165, 1.54) is 19.3 Å². The molecule has 0 radical (unpaired) electrons. The van der Waals surface area contributed by atoms with Gasteiger partial charge in [-0.3, -0.25) is 9.89 Å². The number of nitrogens with zero attached hydrogens (tertiary/aromatic N) is 1. The van der Waals surface area contributed by atoms with Gasteiger partial charge in [-0.15, -0.1) is 0 Å². The summed E-state index contributed by atoms with van der Waals surface area (Å²) >= 11 is 0. The number of nitrogens with one attached hydrogen (secondary N) is 1. The monoisotopic (exact) mass is 380 g/mol. The number of ketones is 1. The number of hydrogen-bond donors (Lipinski definition) is 2. The third kappa shape index (κ3) is 4.15. The summed E-state index contributed by atoms with van der Waals surface area (Å²) in [6, 6.07) is 11.8. The van der Waals surface area contributed by atoms with Crippen molar-refractivity contribution in [2.45, 2.75) is 0 Å². The Bertz CT molecular complexity index is 1000. The summed E-state index contributed by atoms with van der Waals surface area (Å²) in [6.07, 6.45) is 3.03. The molecule has 3 rings (SSSR count). The molecule has 2 aromatic carbocycles. The minimum absolute atomic E-state index is 0.0856. The van der Waals surface area contributed by atoms with Crippen LogP contribution < -0.4 is 14.2 Å². The lowest BCUT2D eigenvalue weighted by atomic mass is 10.1. The van der Waals surface area contributed by atoms with Crippen LogP contribution in [0.1, 0.15) is 16.1 Å². The highest BCUT2D eigenvalue weighted by molar-refractivity contribution is 6.07. The highest BCUT2D eigenvalue weighted by Gasteiger charge is 2.09. The van der Waals surface area contributed by atoms with Gasteiger partial charge in [0.1, 0.15) is 11.5 Å². The quantitative estimate of drug-likeness (QED) is 0.479. The molecule has 0 saturated carbocycles. The fourth-order valence-electron chi connectivity index (χ4n) is 2.63. The van der Waals surface area contributed by atoms with Crippen molar-refractivity contribution in [3.05, 3.63) is 59.8 Å². The zero-order valence-corrected chi connectivity index (χ0v) is 15.7. The standard InChI is InChI=1S/C21H20N2O5/c1-26-16-8-14(9-17(12-16)27-2)18-11-15(22-23-18)5-6-19(24)13-4-7-21(28-3)20(25)10-13/h4-12,25H,1-3H3,(H,22,23). The van der Waals surface area contributed by atoms with Gasteiger partial charge in [-0.25, -0.2) is 0 Å². The number of phenols is 1. The number of ether oxygens (including phenoxy) is 3. The maximum Gasteiger partial charge on any atom is 0.186 e. The molecule has 0 aliphatic rings. The Hall–Kier alpha value is -3.74. The van der Waals surface area contributed by atoms with Crippen molar-refractivity contribution in [3.63, 3.8) is 0 Å². The number of hydrogen-bond acceptors (Lipinski definition) is 6. The molecule has 7 heteroatoms. The van der Waals surface area contributed by atoms with E-state index >= 15 is 0 Å². The minimum Gasteiger partial charge on any atom is -0.504 e. The van der Waals surface area contributed by atoms with Crippen molar-refractivity contribution in [1.29, 1.82) is 0 Å². The first-order valence-electron chi connectivity index (χ1n) is 8.42. The van der Waals surface area contributed by atoms with Crippen LogP contribution >= 0.6 is 0 Å². The number of carbonyl (C=O) groups is 1. The summed E-state index contributed by atoms with van der Waals surface area (Å²) in [5, 5.41) is 16.9. The third-order valence-corrected chi connectivity index (χ3v) is 4.12. The number of H-pyrrole nitrogens is 1. The van der Waals surface area contributed by atoms with Crippen LogP contribution in [0.15, 0.2) is 48.5 Å². The number of aromatic hydroxyl groups is 1. The van der Waals surface area contributed by atoms with Crippen LogP contribution in [0.2, 0.25) is 0 Å². The van der Waals surface area contributed by atoms with Gasteiger partial charge in [0.15, 0.2) is 17.3 Å². The Labute approximate surface area is 162 Å². The summed E-state index contributed by atoms with van der Waals surface area (Å²) in [7, 11) is 4.61. The van der Waals surface area contributed by atoms with Crippen LogP contribution in [-0.4, -0.2) is 42.4 Å². The molecule has 0 unspecified atom stereocenters. The van der Waals surface area contributed by atoms with Crippen molar-refractivity contribution >= 4 is 11.9 Å². The van der Waals surface area contributed by atoms with Crippen LogP contribution in [0.4, 0.5) is 0 Å². The molecule has 0 aliphatic carbocycles. The van der Waals surface area contributed by atoms with Gasteiger partial charge >= 0.3 is 0 Å². The lowest BCUT2D eigenvalue weighted by Crippen LogP contribution is -1.94. The lowest BCUT2D eigenvalue weighted by Gasteiger charge is -2.06. The van der Waals surface area contributed by atoms with E-state index in [0.29, 0.717) is 34.2 Å². The predicted molar refractivity (Wildman–Crippen MR) is 105 cm³/mol. The van der Waals surface area contributed by atoms with E-state index in [1.807, 2.05) is 18.2 Å². The number of aromatic amines is 1. The molecule has 0 fully saturated rings. The largest absolute Gasteiger partial charge is 0.504 e. The molecule has 0 saturated heterocycles. The first kappa shape index (κ1) is 19.0. The molecule has 3 aromatic rings. The molecule has 0 spiro atoms. The zero-order valence-electron chi connectivity index (χ0n) is 15.7. The number of methoxy groups -OCH3 is 3. The van der Waals surface area contributed by atoms with Crippen molar-refractivity contribution in [1.82, 2.24) is 10.2 Å². The normalized spacial score (nSPS) is 10.8. The number of allylic oxidation sites excluding steroid dienone is 1. The van der Waals surface area contributed by atoms with Crippen molar-refractivity contribution < 1.29 is 24.1 Å². The minimum atomic E-state index is -0.253. The number of phenolic OH excluding ortho intramolecular Hbond substituents is 1. The van der Waals surface area contributed by atoms with E-state index in [2.05, 4.69) is 10.2 Å². The van der Waals surface area contributed by atoms with Gasteiger partial charge in [-0.2, -0.15) is 5.10 Å². The highest BCUT2D eigenvalue weighted by Crippen LogP contribution is 2.29. The fraction of sp³-hybridized carbons (Fsp3) is 0.143. The van der Waals surface area contributed by atoms with Crippen molar-refractivity contribution in [2.75, 3.05) is 21.3 Å². The number of aromatic nitrogens is 2. The second kappa shape index (κ2) is 8.30. The lowest BCUT2D eigenvalue weighted by molar-refractivity contribution is 0.104. The molecule has 2 N–H and O–H groups in total. The molecule has 1 heterocycles. The van der Waals surface area contributed by atoms with Gasteiger partial charge in [0.05, 0.1) is 32.7 Å². The topological polar surface area (TPSA) is 93.7 Å². The van der Waals surface area contributed by atoms with Gasteiger partial charge in [-0.1, -0.05) is 0 Å². The van der Waals surface area contributed by atoms with E-state index < -0.39 is 0 Å². The first-order valence-corrected chi connectivity index (χ1v) is 8.42. The molecular weight excluding hydrogens is 360 g/mol. The highest BCUT2D eigenvalue weighted by atomic mass is 16.5. The maximum absolute atomic E-state index is 12.3. The summed E-state index contributed by atoms with van der Waals surface area (Å²) in [6.45, 7) is 0. The van der Waals surface area contributed by atoms with E-state index in [0.717, 1.165) is 5.56 Å². The molecule has 1 aromatic heterocycles. The summed E-state index contributed by atoms with van der Waals surface area (Å²) in [4.78, 5) is 12.3. The molecule has 0 atom stereocenters. The summed E-state index contributed by atoms with van der Waals surface area (Å²) < 4.78 is 15.5. The van der Waals surface area contributed by atoms with Gasteiger partial charge < -0.3 is 19.3 Å². The first-order chi connectivity index (χ1) is 13.5. The Balaban J connectivity index is 1.79. The van der Waals surface area contributed by atoms with E-state index in [9.17, 15) is 9.90 Å². The molecule has 0 amide bonds. The van der Waals surface area contributed by atoms with Crippen molar-refractivity contribution in [2.24, 2.45) is 0 Å². The molecular formula is C21H20N2O5. The second-order valence-corrected chi connectivity index (χ2v) is 5.89.